The van der Waals surface area contributed by atoms with Gasteiger partial charge in [-0.15, -0.1) is 23.5 Å². The molecule has 2 aromatic carbocycles. The summed E-state index contributed by atoms with van der Waals surface area (Å²) in [6.07, 6.45) is 0.749. The molecule has 2 atom stereocenters. The van der Waals surface area contributed by atoms with E-state index in [4.69, 9.17) is 0 Å². The third kappa shape index (κ3) is 3.84. The van der Waals surface area contributed by atoms with Gasteiger partial charge in [0.15, 0.2) is 0 Å². The lowest BCUT2D eigenvalue weighted by atomic mass is 10.0. The molecule has 0 radical (unpaired) electrons. The number of nitrogens with one attached hydrogen (secondary N) is 1. The van der Waals surface area contributed by atoms with Crippen molar-refractivity contribution in [2.24, 2.45) is 0 Å². The maximum atomic E-state index is 13.7. The Morgan fingerprint density at radius 1 is 1.15 bits per heavy atom. The zero-order valence-electron chi connectivity index (χ0n) is 14.6. The topological polar surface area (TPSA) is 49.4 Å². The first kappa shape index (κ1) is 18.4. The molecular formula is C20H19FN2O2S2. The summed E-state index contributed by atoms with van der Waals surface area (Å²) < 4.78 is 13.7. The van der Waals surface area contributed by atoms with Crippen molar-refractivity contribution in [2.45, 2.75) is 23.4 Å². The van der Waals surface area contributed by atoms with E-state index >= 15 is 0 Å². The van der Waals surface area contributed by atoms with Gasteiger partial charge in [-0.2, -0.15) is 0 Å². The van der Waals surface area contributed by atoms with Crippen molar-refractivity contribution in [3.8, 4) is 0 Å². The first-order chi connectivity index (χ1) is 13.1. The van der Waals surface area contributed by atoms with Crippen molar-refractivity contribution in [2.75, 3.05) is 17.4 Å². The maximum absolute atomic E-state index is 13.7. The fourth-order valence-electron chi connectivity index (χ4n) is 3.39. The Bertz CT molecular complexity index is 862. The van der Waals surface area contributed by atoms with Gasteiger partial charge in [-0.05, 0) is 42.3 Å². The van der Waals surface area contributed by atoms with Crippen molar-refractivity contribution in [1.82, 2.24) is 10.2 Å². The van der Waals surface area contributed by atoms with Crippen LogP contribution in [0.15, 0.2) is 53.4 Å². The van der Waals surface area contributed by atoms with Gasteiger partial charge in [-0.25, -0.2) is 4.39 Å². The quantitative estimate of drug-likeness (QED) is 0.851. The average Bonchev–Trinajstić information content (AvgIpc) is 3.18. The highest BCUT2D eigenvalue weighted by molar-refractivity contribution is 7.99. The molecular weight excluding hydrogens is 383 g/mol. The lowest BCUT2D eigenvalue weighted by Crippen LogP contribution is -2.48. The number of hydrogen-bond acceptors (Lipinski definition) is 4. The summed E-state index contributed by atoms with van der Waals surface area (Å²) >= 11 is 3.25. The zero-order chi connectivity index (χ0) is 18.8. The summed E-state index contributed by atoms with van der Waals surface area (Å²) in [5.41, 5.74) is 1.41. The van der Waals surface area contributed by atoms with E-state index in [-0.39, 0.29) is 23.7 Å². The summed E-state index contributed by atoms with van der Waals surface area (Å²) in [4.78, 5) is 28.3. The van der Waals surface area contributed by atoms with E-state index in [0.29, 0.717) is 17.2 Å². The van der Waals surface area contributed by atoms with Crippen LogP contribution in [0.1, 0.15) is 28.4 Å². The molecule has 27 heavy (non-hydrogen) atoms. The Kier molecular flexibility index (Phi) is 5.41. The van der Waals surface area contributed by atoms with Crippen molar-refractivity contribution < 1.29 is 14.0 Å². The SMILES string of the molecule is O=C(N[C@H]1CCSc2ccc(F)cc21)[C@H]1CSCN1C(=O)c1ccccc1. The van der Waals surface area contributed by atoms with Gasteiger partial charge in [0, 0.05) is 22.0 Å². The molecule has 140 valence electrons. The van der Waals surface area contributed by atoms with Gasteiger partial charge in [0.2, 0.25) is 5.91 Å². The maximum Gasteiger partial charge on any atom is 0.255 e. The van der Waals surface area contributed by atoms with Crippen LogP contribution in [0.25, 0.3) is 0 Å². The lowest BCUT2D eigenvalue weighted by molar-refractivity contribution is -0.125. The molecule has 2 amide bonds. The average molecular weight is 403 g/mol. The van der Waals surface area contributed by atoms with E-state index in [1.807, 2.05) is 18.2 Å². The molecule has 0 bridgehead atoms. The third-order valence-corrected chi connectivity index (χ3v) is 6.93. The second kappa shape index (κ2) is 7.94. The number of carbonyl (C=O) groups excluding carboxylic acids is 2. The minimum atomic E-state index is -0.505. The molecule has 2 aliphatic heterocycles. The van der Waals surface area contributed by atoms with Gasteiger partial charge in [0.05, 0.1) is 11.9 Å². The summed E-state index contributed by atoms with van der Waals surface area (Å²) in [5.74, 6) is 1.34. The monoisotopic (exact) mass is 402 g/mol. The summed E-state index contributed by atoms with van der Waals surface area (Å²) in [6.45, 7) is 0. The molecule has 0 aromatic heterocycles. The molecule has 0 spiro atoms. The molecule has 2 aliphatic rings. The number of benzene rings is 2. The van der Waals surface area contributed by atoms with Gasteiger partial charge >= 0.3 is 0 Å². The normalized spacial score (nSPS) is 21.6. The van der Waals surface area contributed by atoms with Crippen LogP contribution in [0.4, 0.5) is 4.39 Å². The molecule has 2 heterocycles. The highest BCUT2D eigenvalue weighted by Gasteiger charge is 2.36. The number of fused-ring (bicyclic) bond motifs is 1. The number of halogens is 1. The van der Waals surface area contributed by atoms with E-state index in [9.17, 15) is 14.0 Å². The predicted molar refractivity (Wildman–Crippen MR) is 106 cm³/mol. The van der Waals surface area contributed by atoms with E-state index in [1.54, 1.807) is 46.6 Å². The van der Waals surface area contributed by atoms with E-state index < -0.39 is 6.04 Å². The van der Waals surface area contributed by atoms with Crippen molar-refractivity contribution in [1.29, 1.82) is 0 Å². The van der Waals surface area contributed by atoms with Crippen LogP contribution in [-0.2, 0) is 4.79 Å². The highest BCUT2D eigenvalue weighted by atomic mass is 32.2. The fourth-order valence-corrected chi connectivity index (χ4v) is 5.65. The Balaban J connectivity index is 1.50. The Hall–Kier alpha value is -1.99. The molecule has 4 rings (SSSR count). The third-order valence-electron chi connectivity index (χ3n) is 4.79. The Labute approximate surface area is 165 Å². The van der Waals surface area contributed by atoms with Crippen LogP contribution >= 0.6 is 23.5 Å². The molecule has 2 aromatic rings. The number of amides is 2. The molecule has 0 saturated carbocycles. The highest BCUT2D eigenvalue weighted by Crippen LogP contribution is 2.36. The van der Waals surface area contributed by atoms with Crippen LogP contribution in [0.3, 0.4) is 0 Å². The van der Waals surface area contributed by atoms with Gasteiger partial charge in [0.25, 0.3) is 5.91 Å². The molecule has 1 saturated heterocycles. The van der Waals surface area contributed by atoms with Crippen LogP contribution < -0.4 is 5.32 Å². The molecule has 4 nitrogen and oxygen atoms in total. The van der Waals surface area contributed by atoms with Crippen LogP contribution in [0, 0.1) is 5.82 Å². The predicted octanol–water partition coefficient (Wildman–Crippen LogP) is 3.69. The minimum Gasteiger partial charge on any atom is -0.347 e. The van der Waals surface area contributed by atoms with Crippen molar-refractivity contribution in [3.05, 3.63) is 65.5 Å². The minimum absolute atomic E-state index is 0.133. The van der Waals surface area contributed by atoms with Gasteiger partial charge in [-0.3, -0.25) is 9.59 Å². The van der Waals surface area contributed by atoms with E-state index in [2.05, 4.69) is 5.32 Å². The largest absolute Gasteiger partial charge is 0.347 e. The molecule has 0 aliphatic carbocycles. The van der Waals surface area contributed by atoms with Crippen molar-refractivity contribution >= 4 is 35.3 Å². The van der Waals surface area contributed by atoms with Gasteiger partial charge in [-0.1, -0.05) is 18.2 Å². The Morgan fingerprint density at radius 2 is 1.96 bits per heavy atom. The fraction of sp³-hybridized carbons (Fsp3) is 0.300. The van der Waals surface area contributed by atoms with Gasteiger partial charge in [0.1, 0.15) is 11.9 Å². The number of thioether (sulfide) groups is 2. The summed E-state index contributed by atoms with van der Waals surface area (Å²) in [7, 11) is 0. The number of carbonyl (C=O) groups is 2. The number of rotatable bonds is 3. The van der Waals surface area contributed by atoms with E-state index in [1.165, 1.54) is 12.1 Å². The second-order valence-corrected chi connectivity index (χ2v) is 8.67. The summed E-state index contributed by atoms with van der Waals surface area (Å²) in [6, 6.07) is 13.0. The van der Waals surface area contributed by atoms with Gasteiger partial charge < -0.3 is 10.2 Å². The molecule has 0 unspecified atom stereocenters. The van der Waals surface area contributed by atoms with Crippen LogP contribution in [0.5, 0.6) is 0 Å². The summed E-state index contributed by atoms with van der Waals surface area (Å²) in [5, 5.41) is 3.05. The second-order valence-electron chi connectivity index (χ2n) is 6.54. The molecule has 1 N–H and O–H groups in total. The zero-order valence-corrected chi connectivity index (χ0v) is 16.2. The first-order valence-corrected chi connectivity index (χ1v) is 10.9. The standard InChI is InChI=1S/C20H19FN2O2S2/c21-14-6-7-18-15(10-14)16(8-9-27-18)22-19(24)17-11-26-12-23(17)20(25)13-4-2-1-3-5-13/h1-7,10,16-17H,8-9,11-12H2,(H,22,24)/t16-,17+/m0/s1. The van der Waals surface area contributed by atoms with Crippen LogP contribution in [-0.4, -0.2) is 40.1 Å². The number of nitrogens with zero attached hydrogens (tertiary/aromatic N) is 1. The first-order valence-electron chi connectivity index (χ1n) is 8.80. The lowest BCUT2D eigenvalue weighted by Gasteiger charge is -2.29. The molecule has 1 fully saturated rings. The van der Waals surface area contributed by atoms with Crippen LogP contribution in [0.2, 0.25) is 0 Å². The smallest absolute Gasteiger partial charge is 0.255 e. The van der Waals surface area contributed by atoms with Crippen molar-refractivity contribution in [3.63, 3.8) is 0 Å². The number of hydrogen-bond donors (Lipinski definition) is 1. The Morgan fingerprint density at radius 3 is 2.78 bits per heavy atom. The molecule has 7 heteroatoms. The van der Waals surface area contributed by atoms with E-state index in [0.717, 1.165) is 22.6 Å².